The van der Waals surface area contributed by atoms with Gasteiger partial charge in [0.2, 0.25) is 10.0 Å². The van der Waals surface area contributed by atoms with Crippen LogP contribution in [0.3, 0.4) is 0 Å². The van der Waals surface area contributed by atoms with E-state index in [4.69, 9.17) is 14.2 Å². The predicted octanol–water partition coefficient (Wildman–Crippen LogP) is 3.26. The van der Waals surface area contributed by atoms with Gasteiger partial charge in [-0.25, -0.2) is 13.4 Å². The molecule has 10 nitrogen and oxygen atoms in total. The van der Waals surface area contributed by atoms with Crippen molar-refractivity contribution in [2.45, 2.75) is 11.8 Å². The first-order chi connectivity index (χ1) is 17.9. The number of methoxy groups -OCH3 is 2. The van der Waals surface area contributed by atoms with E-state index in [0.717, 1.165) is 0 Å². The summed E-state index contributed by atoms with van der Waals surface area (Å²) in [5, 5.41) is 2.84. The number of ether oxygens (including phenoxy) is 3. The normalized spacial score (nSPS) is 14.2. The average molecular weight is 527 g/mol. The molecule has 1 aromatic heterocycles. The van der Waals surface area contributed by atoms with Crippen molar-refractivity contribution in [3.8, 4) is 17.2 Å². The van der Waals surface area contributed by atoms with Crippen LogP contribution in [-0.2, 0) is 10.0 Å². The van der Waals surface area contributed by atoms with Crippen molar-refractivity contribution in [1.29, 1.82) is 0 Å². The Morgan fingerprint density at radius 3 is 2.38 bits per heavy atom. The number of rotatable bonds is 9. The Morgan fingerprint density at radius 1 is 0.973 bits per heavy atom. The zero-order valence-corrected chi connectivity index (χ0v) is 21.8. The number of carbonyl (C=O) groups excluding carboxylic acids is 1. The molecule has 37 heavy (non-hydrogen) atoms. The third kappa shape index (κ3) is 5.78. The van der Waals surface area contributed by atoms with E-state index in [-0.39, 0.29) is 29.6 Å². The maximum atomic E-state index is 13.3. The van der Waals surface area contributed by atoms with Gasteiger partial charge in [0.25, 0.3) is 5.91 Å². The summed E-state index contributed by atoms with van der Waals surface area (Å²) in [5.41, 5.74) is 0.991. The molecule has 0 unspecified atom stereocenters. The van der Waals surface area contributed by atoms with Crippen molar-refractivity contribution in [1.82, 2.24) is 9.29 Å². The van der Waals surface area contributed by atoms with Crippen molar-refractivity contribution in [3.63, 3.8) is 0 Å². The number of aromatic nitrogens is 1. The number of hydrogen-bond acceptors (Lipinski definition) is 8. The highest BCUT2D eigenvalue weighted by atomic mass is 32.2. The van der Waals surface area contributed by atoms with Gasteiger partial charge in [-0.1, -0.05) is 12.1 Å². The fraction of sp³-hybridized carbons (Fsp3) is 0.308. The fourth-order valence-corrected chi connectivity index (χ4v) is 5.66. The van der Waals surface area contributed by atoms with E-state index in [9.17, 15) is 13.2 Å². The first-order valence-electron chi connectivity index (χ1n) is 11.8. The van der Waals surface area contributed by atoms with Gasteiger partial charge in [0.05, 0.1) is 38.3 Å². The van der Waals surface area contributed by atoms with Crippen LogP contribution in [0.1, 0.15) is 17.3 Å². The van der Waals surface area contributed by atoms with Crippen LogP contribution in [0.15, 0.2) is 65.7 Å². The lowest BCUT2D eigenvalue weighted by Gasteiger charge is -2.34. The zero-order valence-electron chi connectivity index (χ0n) is 21.0. The molecule has 1 aliphatic rings. The Bertz CT molecular complexity index is 1340. The van der Waals surface area contributed by atoms with Crippen LogP contribution in [0.25, 0.3) is 0 Å². The van der Waals surface area contributed by atoms with E-state index in [2.05, 4.69) is 10.3 Å². The van der Waals surface area contributed by atoms with Crippen molar-refractivity contribution in [2.75, 3.05) is 57.2 Å². The Labute approximate surface area is 216 Å². The molecule has 0 radical (unpaired) electrons. The Kier molecular flexibility index (Phi) is 8.14. The third-order valence-corrected chi connectivity index (χ3v) is 7.91. The SMILES string of the molecule is CCOc1ccccc1C(=O)Nc1ccc(N2CCN(S(=O)(=O)c3cc(OC)ccc3OC)CC2)nc1. The van der Waals surface area contributed by atoms with E-state index in [1.54, 1.807) is 48.7 Å². The highest BCUT2D eigenvalue weighted by molar-refractivity contribution is 7.89. The zero-order chi connectivity index (χ0) is 26.4. The molecule has 1 amide bonds. The third-order valence-electron chi connectivity index (χ3n) is 5.99. The standard InChI is InChI=1S/C26H30N4O6S/c1-4-36-22-8-6-5-7-21(22)26(31)28-19-9-12-25(27-18-19)29-13-15-30(16-14-29)37(32,33)24-17-20(34-2)10-11-23(24)35-3/h5-12,17-18H,4,13-16H2,1-3H3,(H,28,31). The highest BCUT2D eigenvalue weighted by Gasteiger charge is 2.31. The van der Waals surface area contributed by atoms with Gasteiger partial charge >= 0.3 is 0 Å². The summed E-state index contributed by atoms with van der Waals surface area (Å²) >= 11 is 0. The number of pyridine rings is 1. The van der Waals surface area contributed by atoms with Crippen LogP contribution in [-0.4, -0.2) is 70.6 Å². The number of anilines is 2. The second kappa shape index (κ2) is 11.5. The van der Waals surface area contributed by atoms with E-state index in [1.165, 1.54) is 24.6 Å². The van der Waals surface area contributed by atoms with Crippen molar-refractivity contribution < 1.29 is 27.4 Å². The smallest absolute Gasteiger partial charge is 0.259 e. The maximum absolute atomic E-state index is 13.3. The van der Waals surface area contributed by atoms with Gasteiger partial charge in [0.15, 0.2) is 0 Å². The van der Waals surface area contributed by atoms with Gasteiger partial charge in [0.1, 0.15) is 28.0 Å². The minimum Gasteiger partial charge on any atom is -0.497 e. The summed E-state index contributed by atoms with van der Waals surface area (Å²) in [7, 11) is -0.849. The van der Waals surface area contributed by atoms with Crippen molar-refractivity contribution in [3.05, 3.63) is 66.4 Å². The number of para-hydroxylation sites is 1. The quantitative estimate of drug-likeness (QED) is 0.453. The molecule has 0 atom stereocenters. The number of amides is 1. The highest BCUT2D eigenvalue weighted by Crippen LogP contribution is 2.31. The maximum Gasteiger partial charge on any atom is 0.259 e. The van der Waals surface area contributed by atoms with Gasteiger partial charge in [-0.15, -0.1) is 0 Å². The second-order valence-electron chi connectivity index (χ2n) is 8.20. The lowest BCUT2D eigenvalue weighted by atomic mass is 10.2. The summed E-state index contributed by atoms with van der Waals surface area (Å²) in [6.45, 7) is 3.83. The van der Waals surface area contributed by atoms with E-state index < -0.39 is 10.0 Å². The Balaban J connectivity index is 1.40. The molecule has 196 valence electrons. The largest absolute Gasteiger partial charge is 0.497 e. The molecule has 0 bridgehead atoms. The number of nitrogens with zero attached hydrogens (tertiary/aromatic N) is 3. The first kappa shape index (κ1) is 26.2. The van der Waals surface area contributed by atoms with E-state index >= 15 is 0 Å². The molecule has 11 heteroatoms. The minimum atomic E-state index is -3.77. The molecule has 1 N–H and O–H groups in total. The fourth-order valence-electron chi connectivity index (χ4n) is 4.06. The number of carbonyl (C=O) groups is 1. The number of sulfonamides is 1. The van der Waals surface area contributed by atoms with Crippen LogP contribution in [0.2, 0.25) is 0 Å². The molecule has 1 saturated heterocycles. The van der Waals surface area contributed by atoms with Crippen LogP contribution in [0, 0.1) is 0 Å². The Morgan fingerprint density at radius 2 is 1.73 bits per heavy atom. The molecule has 0 aliphatic carbocycles. The number of nitrogens with one attached hydrogen (secondary N) is 1. The van der Waals surface area contributed by atoms with Crippen LogP contribution < -0.4 is 24.4 Å². The van der Waals surface area contributed by atoms with Gasteiger partial charge in [-0.3, -0.25) is 4.79 Å². The lowest BCUT2D eigenvalue weighted by molar-refractivity contribution is 0.102. The van der Waals surface area contributed by atoms with Crippen LogP contribution >= 0.6 is 0 Å². The number of hydrogen-bond donors (Lipinski definition) is 1. The molecule has 3 aromatic rings. The van der Waals surface area contributed by atoms with Crippen LogP contribution in [0.5, 0.6) is 17.2 Å². The van der Waals surface area contributed by atoms with Crippen molar-refractivity contribution in [2.24, 2.45) is 0 Å². The summed E-state index contributed by atoms with van der Waals surface area (Å²) < 4.78 is 44.1. The van der Waals surface area contributed by atoms with Gasteiger partial charge in [-0.2, -0.15) is 4.31 Å². The van der Waals surface area contributed by atoms with Gasteiger partial charge in [-0.05, 0) is 43.3 Å². The molecule has 0 saturated carbocycles. The second-order valence-corrected chi connectivity index (χ2v) is 10.1. The Hall–Kier alpha value is -3.83. The summed E-state index contributed by atoms with van der Waals surface area (Å²) in [5.74, 6) is 1.64. The topological polar surface area (TPSA) is 110 Å². The molecule has 0 spiro atoms. The number of piperazine rings is 1. The monoisotopic (exact) mass is 526 g/mol. The van der Waals surface area contributed by atoms with Crippen LogP contribution in [0.4, 0.5) is 11.5 Å². The molecular formula is C26H30N4O6S. The van der Waals surface area contributed by atoms with Crippen molar-refractivity contribution >= 4 is 27.4 Å². The molecule has 4 rings (SSSR count). The van der Waals surface area contributed by atoms with E-state index in [0.29, 0.717) is 48.3 Å². The first-order valence-corrected chi connectivity index (χ1v) is 13.3. The average Bonchev–Trinajstić information content (AvgIpc) is 2.93. The lowest BCUT2D eigenvalue weighted by Crippen LogP contribution is -2.49. The summed E-state index contributed by atoms with van der Waals surface area (Å²) in [6.07, 6.45) is 1.58. The summed E-state index contributed by atoms with van der Waals surface area (Å²) in [4.78, 5) is 19.3. The molecular weight excluding hydrogens is 496 g/mol. The van der Waals surface area contributed by atoms with E-state index in [1.807, 2.05) is 17.9 Å². The number of benzene rings is 2. The molecule has 1 aliphatic heterocycles. The molecule has 1 fully saturated rings. The minimum absolute atomic E-state index is 0.0759. The van der Waals surface area contributed by atoms with Gasteiger partial charge < -0.3 is 24.4 Å². The predicted molar refractivity (Wildman–Crippen MR) is 140 cm³/mol. The van der Waals surface area contributed by atoms with Gasteiger partial charge in [0, 0.05) is 32.2 Å². The molecule has 2 aromatic carbocycles. The molecule has 2 heterocycles. The summed E-state index contributed by atoms with van der Waals surface area (Å²) in [6, 6.07) is 15.3.